The van der Waals surface area contributed by atoms with Crippen LogP contribution in [0.1, 0.15) is 25.8 Å². The zero-order valence-electron chi connectivity index (χ0n) is 13.1. The molecule has 0 unspecified atom stereocenters. The van der Waals surface area contributed by atoms with Crippen LogP contribution in [0, 0.1) is 16.7 Å². The number of nitrogens with zero attached hydrogens (tertiary/aromatic N) is 2. The highest BCUT2D eigenvalue weighted by Crippen LogP contribution is 2.29. The number of aliphatic hydroxyl groups is 1. The van der Waals surface area contributed by atoms with Crippen molar-refractivity contribution in [2.75, 3.05) is 19.7 Å². The van der Waals surface area contributed by atoms with E-state index >= 15 is 0 Å². The quantitative estimate of drug-likeness (QED) is 0.868. The maximum absolute atomic E-state index is 12.4. The van der Waals surface area contributed by atoms with Gasteiger partial charge < -0.3 is 14.7 Å². The normalized spacial score (nSPS) is 16.7. The van der Waals surface area contributed by atoms with E-state index in [1.165, 1.54) is 0 Å². The van der Waals surface area contributed by atoms with Gasteiger partial charge in [0.25, 0.3) is 0 Å². The fourth-order valence-corrected chi connectivity index (χ4v) is 2.55. The Bertz CT molecular complexity index is 557. The first kappa shape index (κ1) is 16.5. The summed E-state index contributed by atoms with van der Waals surface area (Å²) >= 11 is 0. The van der Waals surface area contributed by atoms with E-state index in [4.69, 9.17) is 10.00 Å². The molecule has 1 aliphatic heterocycles. The molecule has 0 saturated carbocycles. The highest BCUT2D eigenvalue weighted by atomic mass is 16.5. The van der Waals surface area contributed by atoms with Gasteiger partial charge in [0.15, 0.2) is 0 Å². The Labute approximate surface area is 131 Å². The van der Waals surface area contributed by atoms with Crippen LogP contribution in [0.2, 0.25) is 0 Å². The van der Waals surface area contributed by atoms with Crippen molar-refractivity contribution in [2.45, 2.75) is 32.5 Å². The number of β-amino-alcohol motifs (C(OH)–C–C–N with tert-alkyl or cyclic N) is 1. The van der Waals surface area contributed by atoms with Crippen molar-refractivity contribution in [2.24, 2.45) is 5.41 Å². The van der Waals surface area contributed by atoms with Crippen molar-refractivity contribution in [3.05, 3.63) is 35.9 Å². The van der Waals surface area contributed by atoms with Crippen LogP contribution in [0.25, 0.3) is 0 Å². The first-order valence-corrected chi connectivity index (χ1v) is 7.37. The Balaban J connectivity index is 1.81. The predicted octanol–water partition coefficient (Wildman–Crippen LogP) is 1.72. The van der Waals surface area contributed by atoms with E-state index in [0.717, 1.165) is 5.56 Å². The molecule has 1 heterocycles. The molecule has 22 heavy (non-hydrogen) atoms. The minimum atomic E-state index is -1.04. The first-order valence-electron chi connectivity index (χ1n) is 7.37. The predicted molar refractivity (Wildman–Crippen MR) is 81.6 cm³/mol. The Morgan fingerprint density at radius 3 is 2.64 bits per heavy atom. The molecule has 0 aromatic heterocycles. The molecule has 0 spiro atoms. The lowest BCUT2D eigenvalue weighted by atomic mass is 9.85. The van der Waals surface area contributed by atoms with Crippen molar-refractivity contribution >= 4 is 5.91 Å². The SMILES string of the molecule is CC(C)(COCc1ccccc1)C(=O)N1CC(O)(CC#N)C1. The van der Waals surface area contributed by atoms with Crippen molar-refractivity contribution in [3.8, 4) is 6.07 Å². The molecule has 1 N–H and O–H groups in total. The zero-order chi connectivity index (χ0) is 16.2. The van der Waals surface area contributed by atoms with Crippen LogP contribution in [0.15, 0.2) is 30.3 Å². The first-order chi connectivity index (χ1) is 10.4. The van der Waals surface area contributed by atoms with Gasteiger partial charge in [-0.05, 0) is 19.4 Å². The monoisotopic (exact) mass is 302 g/mol. The van der Waals surface area contributed by atoms with Crippen LogP contribution >= 0.6 is 0 Å². The van der Waals surface area contributed by atoms with Gasteiger partial charge in [0, 0.05) is 0 Å². The average molecular weight is 302 g/mol. The van der Waals surface area contributed by atoms with Gasteiger partial charge in [-0.3, -0.25) is 4.79 Å². The van der Waals surface area contributed by atoms with Crippen LogP contribution in [0.3, 0.4) is 0 Å². The molecule has 0 atom stereocenters. The highest BCUT2D eigenvalue weighted by molar-refractivity contribution is 5.83. The second-order valence-electron chi connectivity index (χ2n) is 6.58. The minimum Gasteiger partial charge on any atom is -0.385 e. The Kier molecular flexibility index (Phi) is 4.84. The summed E-state index contributed by atoms with van der Waals surface area (Å²) in [5.74, 6) is -0.0526. The van der Waals surface area contributed by atoms with Crippen molar-refractivity contribution in [1.82, 2.24) is 4.90 Å². The van der Waals surface area contributed by atoms with E-state index in [1.54, 1.807) is 4.90 Å². The van der Waals surface area contributed by atoms with Crippen LogP contribution in [-0.4, -0.2) is 41.2 Å². The summed E-state index contributed by atoms with van der Waals surface area (Å²) in [5, 5.41) is 18.6. The third kappa shape index (κ3) is 3.85. The topological polar surface area (TPSA) is 73.6 Å². The molecule has 1 saturated heterocycles. The summed E-state index contributed by atoms with van der Waals surface area (Å²) < 4.78 is 5.66. The molecule has 1 aromatic rings. The van der Waals surface area contributed by atoms with Crippen molar-refractivity contribution in [1.29, 1.82) is 5.26 Å². The number of hydrogen-bond acceptors (Lipinski definition) is 4. The van der Waals surface area contributed by atoms with Gasteiger partial charge in [-0.25, -0.2) is 0 Å². The molecular formula is C17H22N2O3. The Hall–Kier alpha value is -1.90. The van der Waals surface area contributed by atoms with E-state index in [1.807, 2.05) is 50.2 Å². The van der Waals surface area contributed by atoms with Crippen LogP contribution in [-0.2, 0) is 16.1 Å². The molecule has 1 amide bonds. The standard InChI is InChI=1S/C17H22N2O3/c1-16(2,13-22-10-14-6-4-3-5-7-14)15(20)19-11-17(21,12-19)8-9-18/h3-7,21H,8,10-13H2,1-2H3. The van der Waals surface area contributed by atoms with Crippen LogP contribution in [0.5, 0.6) is 0 Å². The molecule has 118 valence electrons. The maximum atomic E-state index is 12.4. The summed E-state index contributed by atoms with van der Waals surface area (Å²) in [6.07, 6.45) is 0.0573. The van der Waals surface area contributed by atoms with E-state index in [2.05, 4.69) is 0 Å². The number of likely N-dealkylation sites (tertiary alicyclic amines) is 1. The number of ether oxygens (including phenoxy) is 1. The van der Waals surface area contributed by atoms with E-state index in [0.29, 0.717) is 13.2 Å². The average Bonchev–Trinajstić information content (AvgIpc) is 2.45. The van der Waals surface area contributed by atoms with Gasteiger partial charge in [-0.15, -0.1) is 0 Å². The molecule has 0 radical (unpaired) electrons. The van der Waals surface area contributed by atoms with Gasteiger partial charge in [0.2, 0.25) is 5.91 Å². The largest absolute Gasteiger partial charge is 0.385 e. The fraction of sp³-hybridized carbons (Fsp3) is 0.529. The fourth-order valence-electron chi connectivity index (χ4n) is 2.55. The lowest BCUT2D eigenvalue weighted by Crippen LogP contribution is -2.65. The summed E-state index contributed by atoms with van der Waals surface area (Å²) in [7, 11) is 0. The third-order valence-corrected chi connectivity index (χ3v) is 3.82. The van der Waals surface area contributed by atoms with Crippen LogP contribution < -0.4 is 0 Å². The molecule has 1 aromatic carbocycles. The van der Waals surface area contributed by atoms with Crippen molar-refractivity contribution < 1.29 is 14.6 Å². The number of carbonyl (C=O) groups is 1. The minimum absolute atomic E-state index is 0.0526. The number of amides is 1. The molecule has 5 heteroatoms. The number of benzene rings is 1. The molecule has 0 aliphatic carbocycles. The van der Waals surface area contributed by atoms with Gasteiger partial charge in [0.1, 0.15) is 5.60 Å². The number of nitriles is 1. The van der Waals surface area contributed by atoms with E-state index in [9.17, 15) is 9.90 Å². The highest BCUT2D eigenvalue weighted by Gasteiger charge is 2.47. The summed E-state index contributed by atoms with van der Waals surface area (Å²) in [4.78, 5) is 14.0. The van der Waals surface area contributed by atoms with Crippen molar-refractivity contribution in [3.63, 3.8) is 0 Å². The smallest absolute Gasteiger partial charge is 0.230 e. The lowest BCUT2D eigenvalue weighted by Gasteiger charge is -2.47. The summed E-state index contributed by atoms with van der Waals surface area (Å²) in [6, 6.07) is 11.8. The lowest BCUT2D eigenvalue weighted by molar-refractivity contribution is -0.166. The third-order valence-electron chi connectivity index (χ3n) is 3.82. The molecule has 5 nitrogen and oxygen atoms in total. The van der Waals surface area contributed by atoms with Crippen LogP contribution in [0.4, 0.5) is 0 Å². The second kappa shape index (κ2) is 6.47. The summed E-state index contributed by atoms with van der Waals surface area (Å²) in [5.41, 5.74) is -0.619. The maximum Gasteiger partial charge on any atom is 0.230 e. The molecule has 1 aliphatic rings. The van der Waals surface area contributed by atoms with Gasteiger partial charge in [0.05, 0.1) is 44.2 Å². The van der Waals surface area contributed by atoms with E-state index in [-0.39, 0.29) is 25.4 Å². The van der Waals surface area contributed by atoms with Gasteiger partial charge in [-0.1, -0.05) is 30.3 Å². The van der Waals surface area contributed by atoms with Gasteiger partial charge in [-0.2, -0.15) is 5.26 Å². The van der Waals surface area contributed by atoms with Gasteiger partial charge >= 0.3 is 0 Å². The summed E-state index contributed by atoms with van der Waals surface area (Å²) in [6.45, 7) is 4.90. The molecule has 2 rings (SSSR count). The van der Waals surface area contributed by atoms with E-state index < -0.39 is 11.0 Å². The number of carbonyl (C=O) groups excluding carboxylic acids is 1. The molecular weight excluding hydrogens is 280 g/mol. The molecule has 0 bridgehead atoms. The second-order valence-corrected chi connectivity index (χ2v) is 6.58. The zero-order valence-corrected chi connectivity index (χ0v) is 13.1. The number of rotatable bonds is 6. The number of hydrogen-bond donors (Lipinski definition) is 1. The Morgan fingerprint density at radius 2 is 2.05 bits per heavy atom. The molecule has 1 fully saturated rings. The Morgan fingerprint density at radius 1 is 1.41 bits per heavy atom.